The summed E-state index contributed by atoms with van der Waals surface area (Å²) in [6, 6.07) is 15.3. The fraction of sp³-hybridized carbons (Fsp3) is 0.0952. The lowest BCUT2D eigenvalue weighted by Gasteiger charge is -2.11. The number of hydrogen-bond donors (Lipinski definition) is 0. The smallest absolute Gasteiger partial charge is 0.196 e. The molecular weight excluding hydrogens is 378 g/mol. The molecule has 4 rings (SSSR count). The van der Waals surface area contributed by atoms with Crippen LogP contribution >= 0.6 is 11.8 Å². The van der Waals surface area contributed by atoms with Crippen LogP contribution in [0.1, 0.15) is 11.1 Å². The van der Waals surface area contributed by atoms with E-state index in [0.29, 0.717) is 22.3 Å². The molecule has 0 spiro atoms. The van der Waals surface area contributed by atoms with Gasteiger partial charge in [0.15, 0.2) is 11.0 Å². The van der Waals surface area contributed by atoms with E-state index < -0.39 is 11.6 Å². The van der Waals surface area contributed by atoms with Crippen LogP contribution in [0, 0.1) is 18.6 Å². The van der Waals surface area contributed by atoms with E-state index in [1.165, 1.54) is 23.9 Å². The van der Waals surface area contributed by atoms with Gasteiger partial charge in [0.2, 0.25) is 0 Å². The summed E-state index contributed by atoms with van der Waals surface area (Å²) in [5, 5.41) is 9.28. The third kappa shape index (κ3) is 3.94. The first-order chi connectivity index (χ1) is 13.6. The highest BCUT2D eigenvalue weighted by atomic mass is 32.2. The zero-order valence-electron chi connectivity index (χ0n) is 15.0. The van der Waals surface area contributed by atoms with Crippen molar-refractivity contribution in [1.82, 2.24) is 19.7 Å². The molecule has 4 nitrogen and oxygen atoms in total. The Bertz CT molecular complexity index is 1080. The number of rotatable bonds is 5. The predicted octanol–water partition coefficient (Wildman–Crippen LogP) is 5.21. The summed E-state index contributed by atoms with van der Waals surface area (Å²) in [5.41, 5.74) is 3.43. The van der Waals surface area contributed by atoms with Crippen LogP contribution in [0.4, 0.5) is 8.78 Å². The average Bonchev–Trinajstić information content (AvgIpc) is 3.11. The lowest BCUT2D eigenvalue weighted by Crippen LogP contribution is -2.00. The molecule has 140 valence electrons. The molecule has 2 heterocycles. The summed E-state index contributed by atoms with van der Waals surface area (Å²) in [7, 11) is 0. The number of benzene rings is 2. The molecule has 0 amide bonds. The van der Waals surface area contributed by atoms with Gasteiger partial charge in [0, 0.05) is 35.5 Å². The molecule has 28 heavy (non-hydrogen) atoms. The van der Waals surface area contributed by atoms with Gasteiger partial charge in [-0.15, -0.1) is 10.2 Å². The molecule has 0 bridgehead atoms. The average molecular weight is 394 g/mol. The lowest BCUT2D eigenvalue weighted by molar-refractivity contribution is 0.581. The molecule has 0 aliphatic rings. The lowest BCUT2D eigenvalue weighted by atomic mass is 10.2. The minimum absolute atomic E-state index is 0.367. The van der Waals surface area contributed by atoms with Gasteiger partial charge in [-0.3, -0.25) is 9.55 Å². The molecule has 0 N–H and O–H groups in total. The van der Waals surface area contributed by atoms with Gasteiger partial charge in [0.25, 0.3) is 0 Å². The van der Waals surface area contributed by atoms with Crippen molar-refractivity contribution >= 4 is 11.8 Å². The fourth-order valence-corrected chi connectivity index (χ4v) is 3.70. The Kier molecular flexibility index (Phi) is 5.16. The maximum absolute atomic E-state index is 13.5. The van der Waals surface area contributed by atoms with Gasteiger partial charge in [0.05, 0.1) is 0 Å². The Hall–Kier alpha value is -3.06. The first-order valence-corrected chi connectivity index (χ1v) is 9.59. The van der Waals surface area contributed by atoms with Crippen LogP contribution in [-0.2, 0) is 5.75 Å². The first-order valence-electron chi connectivity index (χ1n) is 8.61. The van der Waals surface area contributed by atoms with Gasteiger partial charge in [-0.05, 0) is 48.9 Å². The summed E-state index contributed by atoms with van der Waals surface area (Å²) >= 11 is 1.37. The number of thioether (sulfide) groups is 1. The number of aryl methyl sites for hydroxylation is 1. The second-order valence-electron chi connectivity index (χ2n) is 6.29. The molecular formula is C21H16F2N4S. The largest absolute Gasteiger partial charge is 0.270 e. The van der Waals surface area contributed by atoms with Crippen LogP contribution in [0.5, 0.6) is 0 Å². The maximum atomic E-state index is 13.5. The summed E-state index contributed by atoms with van der Waals surface area (Å²) in [5.74, 6) is -0.158. The van der Waals surface area contributed by atoms with Crippen molar-refractivity contribution in [2.75, 3.05) is 0 Å². The third-order valence-electron chi connectivity index (χ3n) is 4.14. The number of aromatic nitrogens is 4. The van der Waals surface area contributed by atoms with Crippen LogP contribution in [0.15, 0.2) is 72.1 Å². The summed E-state index contributed by atoms with van der Waals surface area (Å²) < 4.78 is 28.9. The molecule has 2 aromatic heterocycles. The Balaban J connectivity index is 1.72. The molecule has 0 fully saturated rings. The van der Waals surface area contributed by atoms with Crippen molar-refractivity contribution in [2.24, 2.45) is 0 Å². The summed E-state index contributed by atoms with van der Waals surface area (Å²) in [6.07, 6.45) is 3.43. The summed E-state index contributed by atoms with van der Waals surface area (Å²) in [6.45, 7) is 2.02. The van der Waals surface area contributed by atoms with E-state index in [0.717, 1.165) is 22.9 Å². The van der Waals surface area contributed by atoms with E-state index >= 15 is 0 Å². The molecule has 7 heteroatoms. The van der Waals surface area contributed by atoms with Crippen LogP contribution in [-0.4, -0.2) is 19.7 Å². The van der Waals surface area contributed by atoms with E-state index in [2.05, 4.69) is 15.2 Å². The fourth-order valence-electron chi connectivity index (χ4n) is 2.81. The number of halogens is 2. The minimum atomic E-state index is -0.591. The molecule has 4 aromatic rings. The first kappa shape index (κ1) is 18.3. The minimum Gasteiger partial charge on any atom is -0.270 e. The third-order valence-corrected chi connectivity index (χ3v) is 5.14. The number of pyridine rings is 1. The highest BCUT2D eigenvalue weighted by molar-refractivity contribution is 7.98. The molecule has 0 aliphatic heterocycles. The Morgan fingerprint density at radius 1 is 0.964 bits per heavy atom. The highest BCUT2D eigenvalue weighted by Crippen LogP contribution is 2.29. The van der Waals surface area contributed by atoms with Gasteiger partial charge in [-0.25, -0.2) is 8.78 Å². The highest BCUT2D eigenvalue weighted by Gasteiger charge is 2.16. The van der Waals surface area contributed by atoms with Crippen molar-refractivity contribution < 1.29 is 8.78 Å². The second-order valence-corrected chi connectivity index (χ2v) is 7.23. The van der Waals surface area contributed by atoms with E-state index in [4.69, 9.17) is 0 Å². The Morgan fingerprint density at radius 3 is 2.39 bits per heavy atom. The van der Waals surface area contributed by atoms with Gasteiger partial charge in [0.1, 0.15) is 11.6 Å². The molecule has 0 aliphatic carbocycles. The summed E-state index contributed by atoms with van der Waals surface area (Å²) in [4.78, 5) is 4.16. The van der Waals surface area contributed by atoms with E-state index in [9.17, 15) is 8.78 Å². The van der Waals surface area contributed by atoms with Gasteiger partial charge < -0.3 is 0 Å². The number of nitrogens with zero attached hydrogens (tertiary/aromatic N) is 4. The number of hydrogen-bond acceptors (Lipinski definition) is 4. The zero-order chi connectivity index (χ0) is 19.5. The van der Waals surface area contributed by atoms with Crippen molar-refractivity contribution in [3.8, 4) is 17.1 Å². The normalized spacial score (nSPS) is 11.0. The van der Waals surface area contributed by atoms with Crippen LogP contribution in [0.25, 0.3) is 17.1 Å². The Morgan fingerprint density at radius 2 is 1.71 bits per heavy atom. The molecule has 0 saturated heterocycles. The van der Waals surface area contributed by atoms with Gasteiger partial charge in [-0.1, -0.05) is 29.5 Å². The van der Waals surface area contributed by atoms with E-state index in [-0.39, 0.29) is 0 Å². The van der Waals surface area contributed by atoms with E-state index in [1.54, 1.807) is 12.4 Å². The molecule has 0 saturated carbocycles. The standard InChI is InChI=1S/C21H16F2N4S/c1-14-4-6-19(7-5-14)27-20(16-3-2-8-24-12-16)25-26-21(27)28-13-15-9-17(22)11-18(23)10-15/h2-12H,13H2,1H3. The molecule has 0 unspecified atom stereocenters. The van der Waals surface area contributed by atoms with Crippen molar-refractivity contribution in [1.29, 1.82) is 0 Å². The monoisotopic (exact) mass is 394 g/mol. The van der Waals surface area contributed by atoms with E-state index in [1.807, 2.05) is 47.9 Å². The maximum Gasteiger partial charge on any atom is 0.196 e. The molecule has 2 aromatic carbocycles. The quantitative estimate of drug-likeness (QED) is 0.436. The van der Waals surface area contributed by atoms with Crippen molar-refractivity contribution in [3.05, 3.63) is 89.8 Å². The molecule has 0 radical (unpaired) electrons. The van der Waals surface area contributed by atoms with Crippen LogP contribution < -0.4 is 0 Å². The Labute approximate surface area is 165 Å². The zero-order valence-corrected chi connectivity index (χ0v) is 15.8. The van der Waals surface area contributed by atoms with Gasteiger partial charge in [-0.2, -0.15) is 0 Å². The van der Waals surface area contributed by atoms with Crippen LogP contribution in [0.3, 0.4) is 0 Å². The molecule has 0 atom stereocenters. The predicted molar refractivity (Wildman–Crippen MR) is 105 cm³/mol. The van der Waals surface area contributed by atoms with Crippen LogP contribution in [0.2, 0.25) is 0 Å². The van der Waals surface area contributed by atoms with Crippen molar-refractivity contribution in [2.45, 2.75) is 17.8 Å². The van der Waals surface area contributed by atoms with Gasteiger partial charge >= 0.3 is 0 Å². The SMILES string of the molecule is Cc1ccc(-n2c(SCc3cc(F)cc(F)c3)nnc2-c2cccnc2)cc1. The second kappa shape index (κ2) is 7.90. The topological polar surface area (TPSA) is 43.6 Å². The van der Waals surface area contributed by atoms with Crippen molar-refractivity contribution in [3.63, 3.8) is 0 Å².